The summed E-state index contributed by atoms with van der Waals surface area (Å²) in [6, 6.07) is 22.3. The summed E-state index contributed by atoms with van der Waals surface area (Å²) in [6.07, 6.45) is 3.72. The quantitative estimate of drug-likeness (QED) is 0.300. The molecule has 164 valence electrons. The number of hydrogen-bond acceptors (Lipinski definition) is 3. The standard InChI is InChI=1S/C26H18ClFN2O2S/c27-21-10-6-11-22(28)20(21)16-30-25(31)24(33-26(30)32)13-18-15-29(14-17-7-2-1-3-8-17)23-12-5-4-9-19(18)23/h1-13,15H,14,16H2/b24-13-. The Morgan fingerprint density at radius 2 is 1.67 bits per heavy atom. The largest absolute Gasteiger partial charge is 0.342 e. The number of nitrogens with zero attached hydrogens (tertiary/aromatic N) is 2. The molecular weight excluding hydrogens is 459 g/mol. The maximum Gasteiger partial charge on any atom is 0.293 e. The highest BCUT2D eigenvalue weighted by Gasteiger charge is 2.36. The zero-order valence-electron chi connectivity index (χ0n) is 17.4. The van der Waals surface area contributed by atoms with Crippen LogP contribution in [-0.2, 0) is 17.9 Å². The minimum absolute atomic E-state index is 0.127. The lowest BCUT2D eigenvalue weighted by Gasteiger charge is -2.14. The summed E-state index contributed by atoms with van der Waals surface area (Å²) in [4.78, 5) is 26.9. The van der Waals surface area contributed by atoms with Gasteiger partial charge in [0, 0.05) is 39.8 Å². The fourth-order valence-electron chi connectivity index (χ4n) is 3.92. The van der Waals surface area contributed by atoms with E-state index < -0.39 is 17.0 Å². The molecule has 1 fully saturated rings. The van der Waals surface area contributed by atoms with Crippen LogP contribution in [0.2, 0.25) is 5.02 Å². The van der Waals surface area contributed by atoms with Crippen molar-refractivity contribution >= 4 is 51.5 Å². The highest BCUT2D eigenvalue weighted by molar-refractivity contribution is 8.18. The summed E-state index contributed by atoms with van der Waals surface area (Å²) < 4.78 is 16.3. The summed E-state index contributed by atoms with van der Waals surface area (Å²) in [5, 5.41) is 0.720. The third-order valence-electron chi connectivity index (χ3n) is 5.55. The van der Waals surface area contributed by atoms with E-state index >= 15 is 0 Å². The van der Waals surface area contributed by atoms with E-state index in [2.05, 4.69) is 16.7 Å². The Bertz CT molecular complexity index is 1390. The number of para-hydroxylation sites is 1. The summed E-state index contributed by atoms with van der Waals surface area (Å²) in [7, 11) is 0. The molecule has 1 aromatic heterocycles. The third kappa shape index (κ3) is 4.19. The fraction of sp³-hybridized carbons (Fsp3) is 0.0769. The van der Waals surface area contributed by atoms with Crippen molar-refractivity contribution in [2.75, 3.05) is 0 Å². The minimum Gasteiger partial charge on any atom is -0.342 e. The van der Waals surface area contributed by atoms with Crippen LogP contribution in [0.5, 0.6) is 0 Å². The number of fused-ring (bicyclic) bond motifs is 1. The van der Waals surface area contributed by atoms with E-state index in [-0.39, 0.29) is 17.1 Å². The molecule has 0 aliphatic carbocycles. The number of imide groups is 1. The molecule has 1 aliphatic rings. The topological polar surface area (TPSA) is 42.3 Å². The van der Waals surface area contributed by atoms with Crippen molar-refractivity contribution in [3.8, 4) is 0 Å². The zero-order chi connectivity index (χ0) is 22.9. The SMILES string of the molecule is O=C1S/C(=C\c2cn(Cc3ccccc3)c3ccccc23)C(=O)N1Cc1c(F)cccc1Cl. The number of carbonyl (C=O) groups excluding carboxylic acids is 2. The van der Waals surface area contributed by atoms with Crippen LogP contribution in [0.3, 0.4) is 0 Å². The molecular formula is C26H18ClFN2O2S. The molecule has 0 N–H and O–H groups in total. The van der Waals surface area contributed by atoms with Crippen LogP contribution in [0, 0.1) is 5.82 Å². The number of aromatic nitrogens is 1. The Labute approximate surface area is 199 Å². The maximum atomic E-state index is 14.2. The molecule has 0 radical (unpaired) electrons. The highest BCUT2D eigenvalue weighted by Crippen LogP contribution is 2.36. The normalized spacial score (nSPS) is 15.2. The van der Waals surface area contributed by atoms with Crippen molar-refractivity contribution < 1.29 is 14.0 Å². The van der Waals surface area contributed by atoms with Gasteiger partial charge < -0.3 is 4.57 Å². The van der Waals surface area contributed by atoms with Crippen molar-refractivity contribution in [3.05, 3.63) is 111 Å². The molecule has 1 aliphatic heterocycles. The van der Waals surface area contributed by atoms with Gasteiger partial charge in [-0.2, -0.15) is 0 Å². The van der Waals surface area contributed by atoms with Gasteiger partial charge in [0.25, 0.3) is 11.1 Å². The minimum atomic E-state index is -0.547. The van der Waals surface area contributed by atoms with Crippen LogP contribution < -0.4 is 0 Å². The van der Waals surface area contributed by atoms with E-state index in [1.807, 2.05) is 48.7 Å². The van der Waals surface area contributed by atoms with Crippen LogP contribution in [0.4, 0.5) is 9.18 Å². The number of benzene rings is 3. The number of hydrogen-bond donors (Lipinski definition) is 0. The smallest absolute Gasteiger partial charge is 0.293 e. The average molecular weight is 477 g/mol. The van der Waals surface area contributed by atoms with Gasteiger partial charge in [-0.1, -0.05) is 66.2 Å². The lowest BCUT2D eigenvalue weighted by molar-refractivity contribution is -0.123. The van der Waals surface area contributed by atoms with Gasteiger partial charge in [-0.25, -0.2) is 4.39 Å². The molecule has 5 rings (SSSR count). The molecule has 0 unspecified atom stereocenters. The summed E-state index contributed by atoms with van der Waals surface area (Å²) in [5.74, 6) is -1.00. The van der Waals surface area contributed by atoms with E-state index in [4.69, 9.17) is 11.6 Å². The van der Waals surface area contributed by atoms with Crippen LogP contribution >= 0.6 is 23.4 Å². The highest BCUT2D eigenvalue weighted by atomic mass is 35.5. The first-order valence-electron chi connectivity index (χ1n) is 10.3. The second-order valence-corrected chi connectivity index (χ2v) is 9.08. The maximum absolute atomic E-state index is 14.2. The molecule has 0 spiro atoms. The predicted molar refractivity (Wildman–Crippen MR) is 130 cm³/mol. The summed E-state index contributed by atoms with van der Waals surface area (Å²) in [6.45, 7) is 0.478. The molecule has 3 aromatic carbocycles. The van der Waals surface area contributed by atoms with E-state index in [0.717, 1.165) is 38.7 Å². The van der Waals surface area contributed by atoms with Crippen molar-refractivity contribution in [2.24, 2.45) is 0 Å². The number of halogens is 2. The van der Waals surface area contributed by atoms with Gasteiger partial charge in [-0.05, 0) is 41.6 Å². The average Bonchev–Trinajstić information content (AvgIpc) is 3.28. The molecule has 0 saturated carbocycles. The van der Waals surface area contributed by atoms with Gasteiger partial charge in [0.05, 0.1) is 11.4 Å². The first-order valence-corrected chi connectivity index (χ1v) is 11.5. The first kappa shape index (κ1) is 21.5. The van der Waals surface area contributed by atoms with Crippen molar-refractivity contribution in [3.63, 3.8) is 0 Å². The molecule has 2 amide bonds. The van der Waals surface area contributed by atoms with Crippen LogP contribution in [0.15, 0.2) is 83.9 Å². The van der Waals surface area contributed by atoms with E-state index in [1.165, 1.54) is 18.2 Å². The molecule has 4 aromatic rings. The molecule has 7 heteroatoms. The van der Waals surface area contributed by atoms with Crippen LogP contribution in [0.25, 0.3) is 17.0 Å². The molecule has 0 atom stereocenters. The van der Waals surface area contributed by atoms with E-state index in [0.29, 0.717) is 11.4 Å². The molecule has 0 bridgehead atoms. The zero-order valence-corrected chi connectivity index (χ0v) is 18.9. The van der Waals surface area contributed by atoms with Crippen LogP contribution in [0.1, 0.15) is 16.7 Å². The fourth-order valence-corrected chi connectivity index (χ4v) is 4.97. The second kappa shape index (κ2) is 8.89. The van der Waals surface area contributed by atoms with Gasteiger partial charge in [-0.15, -0.1) is 0 Å². The second-order valence-electron chi connectivity index (χ2n) is 7.68. The van der Waals surface area contributed by atoms with Crippen molar-refractivity contribution in [1.82, 2.24) is 9.47 Å². The molecule has 4 nitrogen and oxygen atoms in total. The monoisotopic (exact) mass is 476 g/mol. The van der Waals surface area contributed by atoms with E-state index in [9.17, 15) is 14.0 Å². The van der Waals surface area contributed by atoms with Gasteiger partial charge in [0.15, 0.2) is 0 Å². The molecule has 1 saturated heterocycles. The lowest BCUT2D eigenvalue weighted by Crippen LogP contribution is -2.28. The van der Waals surface area contributed by atoms with Crippen molar-refractivity contribution in [1.29, 1.82) is 0 Å². The molecule has 2 heterocycles. The Hall–Kier alpha value is -3.35. The number of thioether (sulfide) groups is 1. The predicted octanol–water partition coefficient (Wildman–Crippen LogP) is 6.72. The van der Waals surface area contributed by atoms with Gasteiger partial charge in [-0.3, -0.25) is 14.5 Å². The van der Waals surface area contributed by atoms with Gasteiger partial charge in [0.1, 0.15) is 5.82 Å². The van der Waals surface area contributed by atoms with E-state index in [1.54, 1.807) is 6.08 Å². The summed E-state index contributed by atoms with van der Waals surface area (Å²) >= 11 is 6.94. The Morgan fingerprint density at radius 1 is 0.909 bits per heavy atom. The Balaban J connectivity index is 1.47. The number of carbonyl (C=O) groups is 2. The van der Waals surface area contributed by atoms with Crippen LogP contribution in [-0.4, -0.2) is 20.6 Å². The Morgan fingerprint density at radius 3 is 2.45 bits per heavy atom. The summed E-state index contributed by atoms with van der Waals surface area (Å²) in [5.41, 5.74) is 3.16. The van der Waals surface area contributed by atoms with Gasteiger partial charge in [0.2, 0.25) is 0 Å². The third-order valence-corrected chi connectivity index (χ3v) is 6.81. The molecule has 33 heavy (non-hydrogen) atoms. The van der Waals surface area contributed by atoms with Gasteiger partial charge >= 0.3 is 0 Å². The first-order chi connectivity index (χ1) is 16.0. The van der Waals surface area contributed by atoms with Crippen molar-refractivity contribution in [2.45, 2.75) is 13.1 Å². The Kier molecular flexibility index (Phi) is 5.79. The number of rotatable bonds is 5. The lowest BCUT2D eigenvalue weighted by atomic mass is 10.1. The number of amides is 2.